The first-order valence-electron chi connectivity index (χ1n) is 6.72. The minimum atomic E-state index is -0.0693. The lowest BCUT2D eigenvalue weighted by Gasteiger charge is -2.15. The number of imidazole rings is 1. The number of benzene rings is 2. The lowest BCUT2D eigenvalue weighted by molar-refractivity contribution is 0.679. The van der Waals surface area contributed by atoms with Crippen LogP contribution in [0.15, 0.2) is 73.2 Å². The van der Waals surface area contributed by atoms with Crippen LogP contribution >= 0.6 is 0 Å². The fraction of sp³-hybridized carbons (Fsp3) is 0.118. The molecule has 0 saturated carbocycles. The molecule has 1 aromatic heterocycles. The second-order valence-corrected chi connectivity index (χ2v) is 4.82. The molecule has 3 aromatic rings. The molecule has 0 saturated heterocycles. The Morgan fingerprint density at radius 3 is 2.30 bits per heavy atom. The van der Waals surface area contributed by atoms with Gasteiger partial charge in [0, 0.05) is 5.69 Å². The van der Waals surface area contributed by atoms with Crippen molar-refractivity contribution in [2.24, 2.45) is 5.73 Å². The van der Waals surface area contributed by atoms with Gasteiger partial charge in [-0.2, -0.15) is 0 Å². The van der Waals surface area contributed by atoms with E-state index in [1.54, 1.807) is 0 Å². The van der Waals surface area contributed by atoms with E-state index in [9.17, 15) is 0 Å². The van der Waals surface area contributed by atoms with Gasteiger partial charge in [-0.25, -0.2) is 4.98 Å². The van der Waals surface area contributed by atoms with E-state index in [1.165, 1.54) is 5.56 Å². The van der Waals surface area contributed by atoms with E-state index in [0.29, 0.717) is 0 Å². The number of aromatic nitrogens is 2. The average Bonchev–Trinajstić information content (AvgIpc) is 2.99. The minimum absolute atomic E-state index is 0.0693. The minimum Gasteiger partial charge on any atom is -0.322 e. The predicted octanol–water partition coefficient (Wildman–Crippen LogP) is 3.11. The molecule has 3 nitrogen and oxygen atoms in total. The molecular formula is C17H17N3. The van der Waals surface area contributed by atoms with Gasteiger partial charge in [-0.1, -0.05) is 48.5 Å². The molecule has 100 valence electrons. The van der Waals surface area contributed by atoms with Crippen molar-refractivity contribution in [2.75, 3.05) is 0 Å². The van der Waals surface area contributed by atoms with Gasteiger partial charge in [0.2, 0.25) is 0 Å². The molecule has 2 N–H and O–H groups in total. The molecule has 0 aliphatic carbocycles. The molecule has 0 unspecified atom stereocenters. The molecule has 0 aliphatic rings. The number of hydrogen-bond donors (Lipinski definition) is 1. The predicted molar refractivity (Wildman–Crippen MR) is 80.6 cm³/mol. The van der Waals surface area contributed by atoms with Crippen molar-refractivity contribution < 1.29 is 0 Å². The SMILES string of the molecule is N[C@H](Cc1ccccc1)c1cncn1-c1ccccc1. The lowest BCUT2D eigenvalue weighted by Crippen LogP contribution is -2.17. The van der Waals surface area contributed by atoms with Crippen LogP contribution in [0, 0.1) is 0 Å². The van der Waals surface area contributed by atoms with Gasteiger partial charge in [-0.3, -0.25) is 0 Å². The summed E-state index contributed by atoms with van der Waals surface area (Å²) in [7, 11) is 0. The van der Waals surface area contributed by atoms with Gasteiger partial charge < -0.3 is 10.3 Å². The summed E-state index contributed by atoms with van der Waals surface area (Å²) in [5.74, 6) is 0. The van der Waals surface area contributed by atoms with Crippen LogP contribution in [0.1, 0.15) is 17.3 Å². The highest BCUT2D eigenvalue weighted by atomic mass is 15.1. The Kier molecular flexibility index (Phi) is 3.61. The summed E-state index contributed by atoms with van der Waals surface area (Å²) in [4.78, 5) is 4.24. The average molecular weight is 263 g/mol. The highest BCUT2D eigenvalue weighted by Gasteiger charge is 2.13. The monoisotopic (exact) mass is 263 g/mol. The Bertz CT molecular complexity index is 659. The van der Waals surface area contributed by atoms with Crippen molar-refractivity contribution in [2.45, 2.75) is 12.5 Å². The van der Waals surface area contributed by atoms with Gasteiger partial charge in [0.15, 0.2) is 0 Å². The first-order chi connectivity index (χ1) is 9.84. The fourth-order valence-corrected chi connectivity index (χ4v) is 2.36. The smallest absolute Gasteiger partial charge is 0.0994 e. The number of para-hydroxylation sites is 1. The summed E-state index contributed by atoms with van der Waals surface area (Å²) in [6, 6.07) is 20.4. The summed E-state index contributed by atoms with van der Waals surface area (Å²) >= 11 is 0. The molecule has 3 rings (SSSR count). The molecule has 0 amide bonds. The van der Waals surface area contributed by atoms with E-state index in [-0.39, 0.29) is 6.04 Å². The molecule has 0 fully saturated rings. The first-order valence-corrected chi connectivity index (χ1v) is 6.72. The van der Waals surface area contributed by atoms with Gasteiger partial charge >= 0.3 is 0 Å². The van der Waals surface area contributed by atoms with E-state index in [0.717, 1.165) is 17.8 Å². The van der Waals surface area contributed by atoms with Crippen LogP contribution in [-0.2, 0) is 6.42 Å². The van der Waals surface area contributed by atoms with Crippen molar-refractivity contribution in [1.82, 2.24) is 9.55 Å². The van der Waals surface area contributed by atoms with Crippen molar-refractivity contribution in [1.29, 1.82) is 0 Å². The molecular weight excluding hydrogens is 246 g/mol. The normalized spacial score (nSPS) is 12.2. The van der Waals surface area contributed by atoms with Crippen LogP contribution in [0.3, 0.4) is 0 Å². The van der Waals surface area contributed by atoms with Gasteiger partial charge in [0.1, 0.15) is 0 Å². The highest BCUT2D eigenvalue weighted by Crippen LogP contribution is 2.19. The van der Waals surface area contributed by atoms with Crippen LogP contribution in [0.5, 0.6) is 0 Å². The van der Waals surface area contributed by atoms with Gasteiger partial charge in [-0.15, -0.1) is 0 Å². The molecule has 1 heterocycles. The number of nitrogens with zero attached hydrogens (tertiary/aromatic N) is 2. The Hall–Kier alpha value is -2.39. The maximum Gasteiger partial charge on any atom is 0.0994 e. The number of hydrogen-bond acceptors (Lipinski definition) is 2. The van der Waals surface area contributed by atoms with E-state index in [1.807, 2.05) is 53.5 Å². The van der Waals surface area contributed by atoms with Crippen LogP contribution < -0.4 is 5.73 Å². The Labute approximate surface area is 118 Å². The highest BCUT2D eigenvalue weighted by molar-refractivity contribution is 5.34. The van der Waals surface area contributed by atoms with Crippen LogP contribution in [0.2, 0.25) is 0 Å². The zero-order valence-electron chi connectivity index (χ0n) is 11.2. The third-order valence-electron chi connectivity index (χ3n) is 3.38. The summed E-state index contributed by atoms with van der Waals surface area (Å²) in [6.45, 7) is 0. The lowest BCUT2D eigenvalue weighted by atomic mass is 10.0. The molecule has 0 radical (unpaired) electrons. The Balaban J connectivity index is 1.86. The first kappa shape index (κ1) is 12.6. The van der Waals surface area contributed by atoms with E-state index < -0.39 is 0 Å². The van der Waals surface area contributed by atoms with Gasteiger partial charge in [0.05, 0.1) is 24.3 Å². The van der Waals surface area contributed by atoms with Crippen molar-refractivity contribution >= 4 is 0 Å². The Morgan fingerprint density at radius 1 is 0.950 bits per heavy atom. The zero-order chi connectivity index (χ0) is 13.8. The summed E-state index contributed by atoms with van der Waals surface area (Å²) < 4.78 is 2.05. The van der Waals surface area contributed by atoms with Gasteiger partial charge in [-0.05, 0) is 24.1 Å². The topological polar surface area (TPSA) is 43.8 Å². The molecule has 3 heteroatoms. The molecule has 0 aliphatic heterocycles. The Morgan fingerprint density at radius 2 is 1.60 bits per heavy atom. The fourth-order valence-electron chi connectivity index (χ4n) is 2.36. The van der Waals surface area contributed by atoms with Crippen molar-refractivity contribution in [3.8, 4) is 5.69 Å². The quantitative estimate of drug-likeness (QED) is 0.786. The van der Waals surface area contributed by atoms with E-state index in [4.69, 9.17) is 5.73 Å². The summed E-state index contributed by atoms with van der Waals surface area (Å²) in [5.41, 5.74) is 9.70. The van der Waals surface area contributed by atoms with Crippen LogP contribution in [0.4, 0.5) is 0 Å². The molecule has 1 atom stereocenters. The summed E-state index contributed by atoms with van der Waals surface area (Å²) in [6.07, 6.45) is 4.47. The number of nitrogens with two attached hydrogens (primary N) is 1. The molecule has 20 heavy (non-hydrogen) atoms. The largest absolute Gasteiger partial charge is 0.322 e. The molecule has 0 spiro atoms. The van der Waals surface area contributed by atoms with Crippen molar-refractivity contribution in [3.05, 3.63) is 84.4 Å². The third kappa shape index (κ3) is 2.63. The zero-order valence-corrected chi connectivity index (χ0v) is 11.2. The second kappa shape index (κ2) is 5.72. The van der Waals surface area contributed by atoms with E-state index in [2.05, 4.69) is 29.2 Å². The van der Waals surface area contributed by atoms with Crippen LogP contribution in [0.25, 0.3) is 5.69 Å². The second-order valence-electron chi connectivity index (χ2n) is 4.82. The molecule has 0 bridgehead atoms. The maximum atomic E-state index is 6.35. The van der Waals surface area contributed by atoms with Crippen LogP contribution in [-0.4, -0.2) is 9.55 Å². The summed E-state index contributed by atoms with van der Waals surface area (Å²) in [5, 5.41) is 0. The number of rotatable bonds is 4. The third-order valence-corrected chi connectivity index (χ3v) is 3.38. The standard InChI is InChI=1S/C17H17N3/c18-16(11-14-7-3-1-4-8-14)17-12-19-13-20(17)15-9-5-2-6-10-15/h1-10,12-13,16H,11,18H2/t16-/m1/s1. The maximum absolute atomic E-state index is 6.35. The van der Waals surface area contributed by atoms with Crippen molar-refractivity contribution in [3.63, 3.8) is 0 Å². The molecule has 2 aromatic carbocycles. The van der Waals surface area contributed by atoms with E-state index >= 15 is 0 Å². The van der Waals surface area contributed by atoms with Gasteiger partial charge in [0.25, 0.3) is 0 Å².